The minimum atomic E-state index is -0.302. The normalized spacial score (nSPS) is 14.4. The highest BCUT2D eigenvalue weighted by molar-refractivity contribution is 5.87. The first-order valence-corrected chi connectivity index (χ1v) is 11.6. The molecule has 6 nitrogen and oxygen atoms in total. The van der Waals surface area contributed by atoms with E-state index in [1.165, 1.54) is 0 Å². The lowest BCUT2D eigenvalue weighted by molar-refractivity contribution is -0.133. The van der Waals surface area contributed by atoms with Crippen molar-refractivity contribution in [3.8, 4) is 17.1 Å². The van der Waals surface area contributed by atoms with Crippen molar-refractivity contribution in [1.29, 1.82) is 0 Å². The van der Waals surface area contributed by atoms with Crippen LogP contribution in [0, 0.1) is 0 Å². The van der Waals surface area contributed by atoms with Gasteiger partial charge in [0.25, 0.3) is 0 Å². The van der Waals surface area contributed by atoms with Gasteiger partial charge in [0.05, 0.1) is 13.0 Å². The summed E-state index contributed by atoms with van der Waals surface area (Å²) in [5.41, 5.74) is 2.92. The highest BCUT2D eigenvalue weighted by atomic mass is 16.5. The first-order chi connectivity index (χ1) is 16.7. The summed E-state index contributed by atoms with van der Waals surface area (Å²) in [4.78, 5) is 20.3. The number of amides is 1. The molecular weight excluding hydrogens is 426 g/mol. The number of hydrogen-bond acceptors (Lipinski definition) is 5. The summed E-state index contributed by atoms with van der Waals surface area (Å²) in [6, 6.07) is 27.6. The van der Waals surface area contributed by atoms with E-state index < -0.39 is 0 Å². The van der Waals surface area contributed by atoms with Crippen LogP contribution in [0.1, 0.15) is 41.7 Å². The van der Waals surface area contributed by atoms with Crippen LogP contribution in [0.25, 0.3) is 11.4 Å². The molecule has 5 rings (SSSR count). The molecule has 6 heteroatoms. The molecule has 172 valence electrons. The number of benzene rings is 3. The average Bonchev–Trinajstić information content (AvgIpc) is 3.41. The number of aromatic nitrogens is 2. The fourth-order valence-corrected chi connectivity index (χ4v) is 4.56. The van der Waals surface area contributed by atoms with Gasteiger partial charge < -0.3 is 14.2 Å². The zero-order valence-corrected chi connectivity index (χ0v) is 19.1. The van der Waals surface area contributed by atoms with Crippen molar-refractivity contribution in [2.24, 2.45) is 0 Å². The van der Waals surface area contributed by atoms with Gasteiger partial charge >= 0.3 is 0 Å². The third-order valence-electron chi connectivity index (χ3n) is 6.46. The van der Waals surface area contributed by atoms with Crippen LogP contribution in [0.3, 0.4) is 0 Å². The summed E-state index contributed by atoms with van der Waals surface area (Å²) < 4.78 is 10.8. The first kappa shape index (κ1) is 21.9. The minimum Gasteiger partial charge on any atom is -0.497 e. The van der Waals surface area contributed by atoms with Gasteiger partial charge in [0.2, 0.25) is 17.6 Å². The number of hydrogen-bond donors (Lipinski definition) is 0. The molecule has 34 heavy (non-hydrogen) atoms. The van der Waals surface area contributed by atoms with Gasteiger partial charge in [-0.25, -0.2) is 0 Å². The number of ether oxygens (including phenoxy) is 1. The molecule has 1 fully saturated rings. The van der Waals surface area contributed by atoms with Crippen molar-refractivity contribution in [1.82, 2.24) is 15.0 Å². The fraction of sp³-hybridized carbons (Fsp3) is 0.250. The molecule has 2 heterocycles. The molecule has 1 aromatic heterocycles. The van der Waals surface area contributed by atoms with Gasteiger partial charge in [0.1, 0.15) is 5.75 Å². The number of carbonyl (C=O) groups is 1. The van der Waals surface area contributed by atoms with Crippen molar-refractivity contribution in [2.45, 2.75) is 24.7 Å². The van der Waals surface area contributed by atoms with E-state index in [1.807, 2.05) is 89.8 Å². The highest BCUT2D eigenvalue weighted by Crippen LogP contribution is 2.32. The van der Waals surface area contributed by atoms with Crippen molar-refractivity contribution in [3.63, 3.8) is 0 Å². The zero-order chi connectivity index (χ0) is 23.3. The zero-order valence-electron chi connectivity index (χ0n) is 19.1. The van der Waals surface area contributed by atoms with E-state index in [0.29, 0.717) is 24.8 Å². The van der Waals surface area contributed by atoms with Gasteiger partial charge in [0.15, 0.2) is 0 Å². The van der Waals surface area contributed by atoms with E-state index in [-0.39, 0.29) is 17.7 Å². The van der Waals surface area contributed by atoms with Crippen LogP contribution >= 0.6 is 0 Å². The van der Waals surface area contributed by atoms with Crippen LogP contribution in [0.4, 0.5) is 0 Å². The fourth-order valence-electron chi connectivity index (χ4n) is 4.56. The lowest BCUT2D eigenvalue weighted by Gasteiger charge is -2.33. The quantitative estimate of drug-likeness (QED) is 0.397. The Hall–Kier alpha value is -3.93. The van der Waals surface area contributed by atoms with Gasteiger partial charge in [-0.2, -0.15) is 4.98 Å². The maximum atomic E-state index is 13.6. The summed E-state index contributed by atoms with van der Waals surface area (Å²) in [5, 5.41) is 4.17. The van der Waals surface area contributed by atoms with Crippen LogP contribution in [0.5, 0.6) is 5.75 Å². The lowest BCUT2D eigenvalue weighted by Crippen LogP contribution is -2.41. The van der Waals surface area contributed by atoms with Crippen LogP contribution in [-0.2, 0) is 4.79 Å². The lowest BCUT2D eigenvalue weighted by atomic mass is 9.88. The van der Waals surface area contributed by atoms with Crippen molar-refractivity contribution in [2.75, 3.05) is 20.2 Å². The Labute approximate surface area is 199 Å². The monoisotopic (exact) mass is 453 g/mol. The molecule has 3 aromatic carbocycles. The van der Waals surface area contributed by atoms with Gasteiger partial charge in [-0.05, 0) is 48.2 Å². The Bertz CT molecular complexity index is 1180. The number of likely N-dealkylation sites (tertiary alicyclic amines) is 1. The summed E-state index contributed by atoms with van der Waals surface area (Å²) in [5.74, 6) is 1.98. The second-order valence-corrected chi connectivity index (χ2v) is 8.54. The molecule has 1 aliphatic rings. The number of carbonyl (C=O) groups excluding carboxylic acids is 1. The van der Waals surface area contributed by atoms with E-state index in [9.17, 15) is 4.79 Å². The van der Waals surface area contributed by atoms with Gasteiger partial charge in [0, 0.05) is 24.6 Å². The molecule has 0 N–H and O–H groups in total. The molecule has 4 aromatic rings. The molecule has 0 spiro atoms. The topological polar surface area (TPSA) is 68.5 Å². The molecule has 0 atom stereocenters. The molecule has 0 saturated carbocycles. The summed E-state index contributed by atoms with van der Waals surface area (Å²) >= 11 is 0. The Balaban J connectivity index is 1.28. The number of methoxy groups -OCH3 is 1. The number of piperidine rings is 1. The molecule has 0 bridgehead atoms. The SMILES string of the molecule is COc1ccc(-c2noc(C3CCN(C(=O)C(c4ccccc4)c4ccccc4)CC3)n2)cc1. The van der Waals surface area contributed by atoms with Gasteiger partial charge in [-0.15, -0.1) is 0 Å². The second-order valence-electron chi connectivity index (χ2n) is 8.54. The van der Waals surface area contributed by atoms with E-state index >= 15 is 0 Å². The Morgan fingerprint density at radius 3 is 2.06 bits per heavy atom. The Kier molecular flexibility index (Phi) is 6.38. The van der Waals surface area contributed by atoms with Crippen LogP contribution < -0.4 is 4.74 Å². The molecule has 1 amide bonds. The summed E-state index contributed by atoms with van der Waals surface area (Å²) in [6.07, 6.45) is 1.60. The molecule has 0 radical (unpaired) electrons. The van der Waals surface area contributed by atoms with Crippen LogP contribution in [-0.4, -0.2) is 41.1 Å². The maximum Gasteiger partial charge on any atom is 0.234 e. The van der Waals surface area contributed by atoms with Crippen molar-refractivity contribution < 1.29 is 14.1 Å². The van der Waals surface area contributed by atoms with Gasteiger partial charge in [-0.3, -0.25) is 4.79 Å². The maximum absolute atomic E-state index is 13.6. The Morgan fingerprint density at radius 1 is 0.912 bits per heavy atom. The average molecular weight is 454 g/mol. The smallest absolute Gasteiger partial charge is 0.234 e. The summed E-state index contributed by atoms with van der Waals surface area (Å²) in [6.45, 7) is 1.33. The molecule has 0 unspecified atom stereocenters. The first-order valence-electron chi connectivity index (χ1n) is 11.6. The highest BCUT2D eigenvalue weighted by Gasteiger charge is 2.32. The van der Waals surface area contributed by atoms with Gasteiger partial charge in [-0.1, -0.05) is 65.8 Å². The Morgan fingerprint density at radius 2 is 1.50 bits per heavy atom. The van der Waals surface area contributed by atoms with Crippen LogP contribution in [0.15, 0.2) is 89.5 Å². The van der Waals surface area contributed by atoms with E-state index in [4.69, 9.17) is 9.26 Å². The van der Waals surface area contributed by atoms with E-state index in [0.717, 1.165) is 35.3 Å². The predicted molar refractivity (Wildman–Crippen MR) is 130 cm³/mol. The van der Waals surface area contributed by atoms with Crippen LogP contribution in [0.2, 0.25) is 0 Å². The van der Waals surface area contributed by atoms with Crippen molar-refractivity contribution >= 4 is 5.91 Å². The minimum absolute atomic E-state index is 0.139. The predicted octanol–water partition coefficient (Wildman–Crippen LogP) is 5.28. The summed E-state index contributed by atoms with van der Waals surface area (Å²) in [7, 11) is 1.64. The van der Waals surface area contributed by atoms with Crippen molar-refractivity contribution in [3.05, 3.63) is 102 Å². The molecule has 1 saturated heterocycles. The molecule has 0 aliphatic carbocycles. The standard InChI is InChI=1S/C28H27N3O3/c1-33-24-14-12-22(13-15-24)26-29-27(34-30-26)23-16-18-31(19-17-23)28(32)25(20-8-4-2-5-9-20)21-10-6-3-7-11-21/h2-15,23,25H,16-19H2,1H3. The third kappa shape index (κ3) is 4.57. The number of nitrogens with zero attached hydrogens (tertiary/aromatic N) is 3. The molecular formula is C28H27N3O3. The largest absolute Gasteiger partial charge is 0.497 e. The molecule has 1 aliphatic heterocycles. The number of rotatable bonds is 6. The van der Waals surface area contributed by atoms with E-state index in [2.05, 4.69) is 10.1 Å². The third-order valence-corrected chi connectivity index (χ3v) is 6.46. The second kappa shape index (κ2) is 9.91. The van der Waals surface area contributed by atoms with E-state index in [1.54, 1.807) is 7.11 Å².